The number of hydrogen-bond acceptors (Lipinski definition) is 2. The molecule has 0 aromatic carbocycles. The van der Waals surface area contributed by atoms with Crippen LogP contribution in [-0.4, -0.2) is 17.7 Å². The molecule has 0 amide bonds. The number of nitriles is 1. The smallest absolute Gasteiger partial charge is 0.201 e. The van der Waals surface area contributed by atoms with Gasteiger partial charge in [-0.1, -0.05) is 26.8 Å². The molecule has 0 fully saturated rings. The molecule has 1 rings (SSSR count). The number of rotatable bonds is 4. The summed E-state index contributed by atoms with van der Waals surface area (Å²) in [7, 11) is -3.14. The zero-order valence-corrected chi connectivity index (χ0v) is 11.6. The Labute approximate surface area is 103 Å². The molecule has 3 atom stereocenters. The van der Waals surface area contributed by atoms with Crippen molar-refractivity contribution in [3.05, 3.63) is 23.3 Å². The van der Waals surface area contributed by atoms with Crippen molar-refractivity contribution in [3.8, 4) is 6.07 Å². The van der Waals surface area contributed by atoms with Crippen LogP contribution in [0.4, 0.5) is 0 Å². The monoisotopic (exact) mass is 253 g/mol. The fourth-order valence-electron chi connectivity index (χ4n) is 2.32. The molecule has 0 aliphatic heterocycles. The molecule has 1 aliphatic carbocycles. The Hall–Kier alpha value is -0.840. The summed E-state index contributed by atoms with van der Waals surface area (Å²) in [6.45, 7) is 9.48. The van der Waals surface area contributed by atoms with Gasteiger partial charge in [-0.05, 0) is 23.5 Å². The normalized spacial score (nSPS) is 25.6. The second-order valence-corrected chi connectivity index (χ2v) is 7.43. The van der Waals surface area contributed by atoms with Gasteiger partial charge in [-0.25, -0.2) is 0 Å². The highest BCUT2D eigenvalue weighted by Gasteiger charge is 2.33. The highest BCUT2D eigenvalue weighted by Crippen LogP contribution is 2.47. The maximum Gasteiger partial charge on any atom is 0.201 e. The third-order valence-electron chi connectivity index (χ3n) is 3.49. The molecule has 3 nitrogen and oxygen atoms in total. The average molecular weight is 253 g/mol. The first-order valence-electron chi connectivity index (χ1n) is 5.90. The van der Waals surface area contributed by atoms with E-state index >= 15 is 0 Å². The van der Waals surface area contributed by atoms with Crippen molar-refractivity contribution in [3.63, 3.8) is 0 Å². The largest absolute Gasteiger partial charge is 0.344 e. The molecule has 94 valence electrons. The van der Waals surface area contributed by atoms with Gasteiger partial charge in [0.05, 0.1) is 12.2 Å². The summed E-state index contributed by atoms with van der Waals surface area (Å²) in [5.41, 5.74) is 2.27. The van der Waals surface area contributed by atoms with E-state index in [2.05, 4.69) is 26.5 Å². The Morgan fingerprint density at radius 1 is 1.71 bits per heavy atom. The van der Waals surface area contributed by atoms with Crippen molar-refractivity contribution in [2.24, 2.45) is 11.8 Å². The van der Waals surface area contributed by atoms with Gasteiger partial charge in [-0.2, -0.15) is 5.26 Å². The van der Waals surface area contributed by atoms with Gasteiger partial charge in [-0.3, -0.25) is 4.57 Å². The summed E-state index contributed by atoms with van der Waals surface area (Å²) in [5.74, 6) is 0.591. The Balaban J connectivity index is 3.10. The van der Waals surface area contributed by atoms with Gasteiger partial charge >= 0.3 is 0 Å². The van der Waals surface area contributed by atoms with E-state index in [1.54, 1.807) is 0 Å². The van der Waals surface area contributed by atoms with E-state index < -0.39 is 7.37 Å². The van der Waals surface area contributed by atoms with Crippen LogP contribution in [0, 0.1) is 23.2 Å². The van der Waals surface area contributed by atoms with E-state index in [-0.39, 0.29) is 12.1 Å². The molecule has 0 heterocycles. The minimum Gasteiger partial charge on any atom is -0.344 e. The Bertz CT molecular complexity index is 439. The Kier molecular flexibility index (Phi) is 4.36. The minimum absolute atomic E-state index is 0.0850. The predicted octanol–water partition coefficient (Wildman–Crippen LogP) is 3.33. The molecule has 0 radical (unpaired) electrons. The summed E-state index contributed by atoms with van der Waals surface area (Å²) in [6, 6.07) is 2.22. The molecule has 0 aromatic rings. The zero-order chi connectivity index (χ0) is 13.2. The topological polar surface area (TPSA) is 61.1 Å². The van der Waals surface area contributed by atoms with Crippen molar-refractivity contribution in [1.29, 1.82) is 5.26 Å². The van der Waals surface area contributed by atoms with Crippen LogP contribution >= 0.6 is 7.37 Å². The van der Waals surface area contributed by atoms with Gasteiger partial charge in [0.15, 0.2) is 0 Å². The van der Waals surface area contributed by atoms with Crippen molar-refractivity contribution in [2.45, 2.75) is 26.7 Å². The molecular formula is C13H20NO2P. The first kappa shape index (κ1) is 14.2. The first-order chi connectivity index (χ1) is 7.80. The lowest BCUT2D eigenvalue weighted by Gasteiger charge is -2.17. The van der Waals surface area contributed by atoms with Crippen molar-refractivity contribution >= 4 is 7.37 Å². The van der Waals surface area contributed by atoms with Gasteiger partial charge in [-0.15, -0.1) is 0 Å². The number of allylic oxidation sites excluding steroid dienone is 3. The van der Waals surface area contributed by atoms with Gasteiger partial charge in [0, 0.05) is 18.2 Å². The number of nitrogens with zero attached hydrogens (tertiary/aromatic N) is 1. The maximum atomic E-state index is 11.5. The SMILES string of the molecule is C=C1CC(C(C)CC)C(C#N)=C1CP(C)(=O)O. The van der Waals surface area contributed by atoms with Crippen LogP contribution in [-0.2, 0) is 4.57 Å². The molecule has 3 unspecified atom stereocenters. The summed E-state index contributed by atoms with van der Waals surface area (Å²) in [6.07, 6.45) is 1.84. The molecule has 0 aromatic heterocycles. The van der Waals surface area contributed by atoms with Gasteiger partial charge < -0.3 is 4.89 Å². The van der Waals surface area contributed by atoms with E-state index in [1.165, 1.54) is 6.66 Å². The lowest BCUT2D eigenvalue weighted by molar-refractivity contribution is 0.415. The minimum atomic E-state index is -3.14. The van der Waals surface area contributed by atoms with E-state index in [4.69, 9.17) is 0 Å². The second-order valence-electron chi connectivity index (χ2n) is 5.01. The molecule has 0 spiro atoms. The number of hydrogen-bond donors (Lipinski definition) is 1. The fraction of sp³-hybridized carbons (Fsp3) is 0.615. The lowest BCUT2D eigenvalue weighted by atomic mass is 9.86. The lowest BCUT2D eigenvalue weighted by Crippen LogP contribution is -2.09. The Morgan fingerprint density at radius 2 is 2.29 bits per heavy atom. The van der Waals surface area contributed by atoms with Crippen LogP contribution in [0.5, 0.6) is 0 Å². The van der Waals surface area contributed by atoms with E-state index in [1.807, 2.05) is 0 Å². The molecule has 0 saturated carbocycles. The highest BCUT2D eigenvalue weighted by molar-refractivity contribution is 7.57. The van der Waals surface area contributed by atoms with Crippen LogP contribution in [0.3, 0.4) is 0 Å². The van der Waals surface area contributed by atoms with Crippen LogP contribution in [0.2, 0.25) is 0 Å². The van der Waals surface area contributed by atoms with Crippen LogP contribution in [0.15, 0.2) is 23.3 Å². The van der Waals surface area contributed by atoms with Crippen molar-refractivity contribution in [2.75, 3.05) is 12.8 Å². The van der Waals surface area contributed by atoms with E-state index in [0.717, 1.165) is 24.0 Å². The molecule has 1 N–H and O–H groups in total. The predicted molar refractivity (Wildman–Crippen MR) is 70.0 cm³/mol. The summed E-state index contributed by atoms with van der Waals surface area (Å²) in [4.78, 5) is 9.46. The standard InChI is InChI=1S/C13H20NO2P/c1-5-9(2)11-6-10(3)13(12(11)7-14)8-17(4,15)16/h9,11H,3,5-6,8H2,1-2,4H3,(H,15,16). The third-order valence-corrected chi connectivity index (χ3v) is 4.39. The molecular weight excluding hydrogens is 233 g/mol. The van der Waals surface area contributed by atoms with Gasteiger partial charge in [0.2, 0.25) is 7.37 Å². The molecule has 0 bridgehead atoms. The fourth-order valence-corrected chi connectivity index (χ4v) is 3.30. The van der Waals surface area contributed by atoms with Crippen LogP contribution < -0.4 is 0 Å². The van der Waals surface area contributed by atoms with Crippen LogP contribution in [0.25, 0.3) is 0 Å². The zero-order valence-electron chi connectivity index (χ0n) is 10.7. The van der Waals surface area contributed by atoms with E-state index in [9.17, 15) is 14.7 Å². The first-order valence-corrected chi connectivity index (χ1v) is 8.20. The molecule has 4 heteroatoms. The molecule has 17 heavy (non-hydrogen) atoms. The summed E-state index contributed by atoms with van der Waals surface area (Å²) in [5, 5.41) is 9.25. The summed E-state index contributed by atoms with van der Waals surface area (Å²) >= 11 is 0. The maximum absolute atomic E-state index is 11.5. The quantitative estimate of drug-likeness (QED) is 0.782. The summed E-state index contributed by atoms with van der Waals surface area (Å²) < 4.78 is 11.5. The highest BCUT2D eigenvalue weighted by atomic mass is 31.2. The molecule has 1 aliphatic rings. The van der Waals surface area contributed by atoms with Gasteiger partial charge in [0.25, 0.3) is 0 Å². The van der Waals surface area contributed by atoms with Crippen LogP contribution in [0.1, 0.15) is 26.7 Å². The Morgan fingerprint density at radius 3 is 2.71 bits per heavy atom. The second kappa shape index (κ2) is 5.21. The van der Waals surface area contributed by atoms with Crippen molar-refractivity contribution < 1.29 is 9.46 Å². The van der Waals surface area contributed by atoms with Gasteiger partial charge in [0.1, 0.15) is 0 Å². The molecule has 0 saturated heterocycles. The third kappa shape index (κ3) is 3.31. The average Bonchev–Trinajstić information content (AvgIpc) is 2.52. The van der Waals surface area contributed by atoms with E-state index in [0.29, 0.717) is 11.5 Å². The van der Waals surface area contributed by atoms with Crippen molar-refractivity contribution in [1.82, 2.24) is 0 Å².